The van der Waals surface area contributed by atoms with Gasteiger partial charge in [-0.2, -0.15) is 0 Å². The molecule has 1 atom stereocenters. The number of nitrogens with zero attached hydrogens (tertiary/aromatic N) is 2. The first-order valence-corrected chi connectivity index (χ1v) is 10.4. The molecule has 1 saturated heterocycles. The summed E-state index contributed by atoms with van der Waals surface area (Å²) in [5, 5.41) is 4.13. The standard InChI is InChI=1S/C22H31N3OS/c1-18-8-10-20(11-9-18)23-22(27)25(17-21-7-4-15-26-21)14-5-13-24-12-3-6-19(2)16-24/h4,7-11,15,19H,3,5-6,12-14,16-17H2,1-2H3,(H,23,27)/t19-/m1/s1. The lowest BCUT2D eigenvalue weighted by atomic mass is 10.0. The smallest absolute Gasteiger partial charge is 0.173 e. The SMILES string of the molecule is Cc1ccc(NC(=S)N(CCCN2CCC[C@@H](C)C2)Cc2ccco2)cc1. The first-order valence-electron chi connectivity index (χ1n) is 9.97. The second kappa shape index (κ2) is 9.90. The van der Waals surface area contributed by atoms with Crippen LogP contribution in [0.4, 0.5) is 5.69 Å². The quantitative estimate of drug-likeness (QED) is 0.685. The van der Waals surface area contributed by atoms with Crippen molar-refractivity contribution in [2.45, 2.75) is 39.7 Å². The molecule has 0 amide bonds. The number of rotatable bonds is 7. The van der Waals surface area contributed by atoms with E-state index in [0.29, 0.717) is 6.54 Å². The molecule has 1 N–H and O–H groups in total. The highest BCUT2D eigenvalue weighted by atomic mass is 32.1. The Kier molecular flexibility index (Phi) is 7.30. The van der Waals surface area contributed by atoms with Gasteiger partial charge in [0, 0.05) is 18.8 Å². The third kappa shape index (κ3) is 6.36. The molecule has 0 bridgehead atoms. The van der Waals surface area contributed by atoms with Crippen LogP contribution in [-0.2, 0) is 6.54 Å². The van der Waals surface area contributed by atoms with Gasteiger partial charge in [-0.1, -0.05) is 24.6 Å². The average Bonchev–Trinajstić information content (AvgIpc) is 3.16. The summed E-state index contributed by atoms with van der Waals surface area (Å²) in [6, 6.07) is 12.3. The predicted octanol–water partition coefficient (Wildman–Crippen LogP) is 4.91. The van der Waals surface area contributed by atoms with Gasteiger partial charge in [0.15, 0.2) is 5.11 Å². The third-order valence-electron chi connectivity index (χ3n) is 5.16. The van der Waals surface area contributed by atoms with E-state index in [-0.39, 0.29) is 0 Å². The number of thiocarbonyl (C=S) groups is 1. The number of piperidine rings is 1. The fourth-order valence-corrected chi connectivity index (χ4v) is 3.93. The molecule has 2 heterocycles. The number of likely N-dealkylation sites (tertiary alicyclic amines) is 1. The molecule has 1 aromatic heterocycles. The minimum atomic E-state index is 0.696. The van der Waals surface area contributed by atoms with Crippen molar-refractivity contribution < 1.29 is 4.42 Å². The molecule has 5 heteroatoms. The number of hydrogen-bond acceptors (Lipinski definition) is 3. The Balaban J connectivity index is 1.56. The van der Waals surface area contributed by atoms with Crippen LogP contribution in [0, 0.1) is 12.8 Å². The lowest BCUT2D eigenvalue weighted by Crippen LogP contribution is -2.39. The summed E-state index contributed by atoms with van der Waals surface area (Å²) < 4.78 is 5.55. The summed E-state index contributed by atoms with van der Waals surface area (Å²) in [6.45, 7) is 9.65. The van der Waals surface area contributed by atoms with E-state index in [9.17, 15) is 0 Å². The lowest BCUT2D eigenvalue weighted by molar-refractivity contribution is 0.177. The zero-order valence-electron chi connectivity index (χ0n) is 16.5. The summed E-state index contributed by atoms with van der Waals surface area (Å²) >= 11 is 5.71. The molecule has 0 saturated carbocycles. The van der Waals surface area contributed by atoms with Crippen LogP contribution >= 0.6 is 12.2 Å². The summed E-state index contributed by atoms with van der Waals surface area (Å²) in [6.07, 6.45) is 5.51. The van der Waals surface area contributed by atoms with Crippen LogP contribution in [0.5, 0.6) is 0 Å². The van der Waals surface area contributed by atoms with Crippen molar-refractivity contribution in [2.75, 3.05) is 31.5 Å². The molecule has 27 heavy (non-hydrogen) atoms. The topological polar surface area (TPSA) is 31.6 Å². The van der Waals surface area contributed by atoms with E-state index in [1.165, 1.54) is 31.5 Å². The van der Waals surface area contributed by atoms with Gasteiger partial charge in [0.25, 0.3) is 0 Å². The minimum Gasteiger partial charge on any atom is -0.467 e. The van der Waals surface area contributed by atoms with Crippen LogP contribution in [0.3, 0.4) is 0 Å². The van der Waals surface area contributed by atoms with E-state index in [1.807, 2.05) is 12.1 Å². The molecule has 1 fully saturated rings. The van der Waals surface area contributed by atoms with Gasteiger partial charge in [0.1, 0.15) is 5.76 Å². The summed E-state index contributed by atoms with van der Waals surface area (Å²) in [4.78, 5) is 4.80. The number of furan rings is 1. The van der Waals surface area contributed by atoms with E-state index in [2.05, 4.69) is 53.2 Å². The predicted molar refractivity (Wildman–Crippen MR) is 116 cm³/mol. The number of nitrogens with one attached hydrogen (secondary N) is 1. The van der Waals surface area contributed by atoms with Gasteiger partial charge in [0.2, 0.25) is 0 Å². The van der Waals surface area contributed by atoms with E-state index >= 15 is 0 Å². The average molecular weight is 386 g/mol. The van der Waals surface area contributed by atoms with Crippen LogP contribution in [0.25, 0.3) is 0 Å². The monoisotopic (exact) mass is 385 g/mol. The van der Waals surface area contributed by atoms with Crippen molar-refractivity contribution in [3.8, 4) is 0 Å². The summed E-state index contributed by atoms with van der Waals surface area (Å²) in [5.74, 6) is 1.76. The minimum absolute atomic E-state index is 0.696. The second-order valence-corrected chi connectivity index (χ2v) is 8.09. The van der Waals surface area contributed by atoms with Gasteiger partial charge in [-0.25, -0.2) is 0 Å². The molecule has 1 aliphatic rings. The molecule has 0 aliphatic carbocycles. The number of anilines is 1. The molecule has 0 unspecified atom stereocenters. The van der Waals surface area contributed by atoms with Gasteiger partial charge < -0.3 is 19.5 Å². The van der Waals surface area contributed by atoms with Crippen molar-refractivity contribution in [3.63, 3.8) is 0 Å². The highest BCUT2D eigenvalue weighted by molar-refractivity contribution is 7.80. The van der Waals surface area contributed by atoms with Crippen LogP contribution in [0.2, 0.25) is 0 Å². The summed E-state index contributed by atoms with van der Waals surface area (Å²) in [7, 11) is 0. The van der Waals surface area contributed by atoms with Crippen molar-refractivity contribution in [1.82, 2.24) is 9.80 Å². The first kappa shape index (κ1) is 19.9. The molecule has 1 aliphatic heterocycles. The maximum atomic E-state index is 5.71. The van der Waals surface area contributed by atoms with Crippen molar-refractivity contribution in [3.05, 3.63) is 54.0 Å². The largest absolute Gasteiger partial charge is 0.467 e. The maximum Gasteiger partial charge on any atom is 0.173 e. The van der Waals surface area contributed by atoms with Gasteiger partial charge in [-0.3, -0.25) is 0 Å². The lowest BCUT2D eigenvalue weighted by Gasteiger charge is -2.32. The van der Waals surface area contributed by atoms with E-state index in [0.717, 1.165) is 42.0 Å². The zero-order chi connectivity index (χ0) is 19.1. The number of hydrogen-bond donors (Lipinski definition) is 1. The Morgan fingerprint density at radius 3 is 2.81 bits per heavy atom. The highest BCUT2D eigenvalue weighted by Crippen LogP contribution is 2.16. The Morgan fingerprint density at radius 1 is 1.30 bits per heavy atom. The molecule has 1 aromatic carbocycles. The van der Waals surface area contributed by atoms with Gasteiger partial charge in [-0.15, -0.1) is 0 Å². The Labute approximate surface area is 168 Å². The number of benzene rings is 1. The first-order chi connectivity index (χ1) is 13.1. The Hall–Kier alpha value is -1.85. The van der Waals surface area contributed by atoms with Crippen LogP contribution in [-0.4, -0.2) is 41.1 Å². The van der Waals surface area contributed by atoms with Crippen LogP contribution < -0.4 is 5.32 Å². The Morgan fingerprint density at radius 2 is 2.11 bits per heavy atom. The van der Waals surface area contributed by atoms with Crippen molar-refractivity contribution >= 4 is 23.0 Å². The van der Waals surface area contributed by atoms with E-state index < -0.39 is 0 Å². The van der Waals surface area contributed by atoms with Crippen molar-refractivity contribution in [2.24, 2.45) is 5.92 Å². The van der Waals surface area contributed by atoms with Crippen LogP contribution in [0.1, 0.15) is 37.5 Å². The molecule has 146 valence electrons. The van der Waals surface area contributed by atoms with Crippen molar-refractivity contribution in [1.29, 1.82) is 0 Å². The molecule has 3 rings (SSSR count). The molecule has 0 spiro atoms. The van der Waals surface area contributed by atoms with Gasteiger partial charge in [0.05, 0.1) is 12.8 Å². The summed E-state index contributed by atoms with van der Waals surface area (Å²) in [5.41, 5.74) is 2.27. The van der Waals surface area contributed by atoms with E-state index in [1.54, 1.807) is 6.26 Å². The molecular weight excluding hydrogens is 354 g/mol. The maximum absolute atomic E-state index is 5.71. The molecular formula is C22H31N3OS. The second-order valence-electron chi connectivity index (χ2n) is 7.70. The molecule has 2 aromatic rings. The van der Waals surface area contributed by atoms with E-state index in [4.69, 9.17) is 16.6 Å². The van der Waals surface area contributed by atoms with Gasteiger partial charge >= 0.3 is 0 Å². The molecule has 0 radical (unpaired) electrons. The third-order valence-corrected chi connectivity index (χ3v) is 5.52. The fraction of sp³-hybridized carbons (Fsp3) is 0.500. The molecule has 4 nitrogen and oxygen atoms in total. The fourth-order valence-electron chi connectivity index (χ4n) is 3.66. The van der Waals surface area contributed by atoms with Gasteiger partial charge in [-0.05, 0) is 81.7 Å². The Bertz CT molecular complexity index is 699. The van der Waals surface area contributed by atoms with Crippen LogP contribution in [0.15, 0.2) is 47.1 Å². The highest BCUT2D eigenvalue weighted by Gasteiger charge is 2.17. The number of aryl methyl sites for hydroxylation is 1. The zero-order valence-corrected chi connectivity index (χ0v) is 17.3. The normalized spacial score (nSPS) is 17.6.